The highest BCUT2D eigenvalue weighted by Crippen LogP contribution is 2.34. The number of halogens is 1. The zero-order chi connectivity index (χ0) is 24.5. The van der Waals surface area contributed by atoms with Gasteiger partial charge in [0.05, 0.1) is 4.92 Å². The summed E-state index contributed by atoms with van der Waals surface area (Å²) >= 11 is 0. The van der Waals surface area contributed by atoms with Gasteiger partial charge >= 0.3 is 6.09 Å². The van der Waals surface area contributed by atoms with Crippen LogP contribution in [0.2, 0.25) is 0 Å². The maximum atomic E-state index is 13.5. The average molecular weight is 469 g/mol. The van der Waals surface area contributed by atoms with Crippen molar-refractivity contribution in [2.75, 3.05) is 31.1 Å². The monoisotopic (exact) mass is 469 g/mol. The summed E-state index contributed by atoms with van der Waals surface area (Å²) in [4.78, 5) is 31.3. The van der Waals surface area contributed by atoms with E-state index >= 15 is 0 Å². The highest BCUT2D eigenvalue weighted by molar-refractivity contribution is 5.73. The number of ether oxygens (including phenoxy) is 1. The van der Waals surface area contributed by atoms with Crippen LogP contribution in [0.1, 0.15) is 20.8 Å². The molecule has 0 saturated carbocycles. The number of carbonyl (C=O) groups is 1. The lowest BCUT2D eigenvalue weighted by Crippen LogP contribution is -2.50. The van der Waals surface area contributed by atoms with E-state index in [1.54, 1.807) is 43.9 Å². The molecular weight excluding hydrogens is 445 g/mol. The molecule has 34 heavy (non-hydrogen) atoms. The molecule has 3 aromatic rings. The van der Waals surface area contributed by atoms with Crippen LogP contribution < -0.4 is 4.90 Å². The van der Waals surface area contributed by atoms with Gasteiger partial charge in [-0.25, -0.2) is 9.18 Å². The summed E-state index contributed by atoms with van der Waals surface area (Å²) < 4.78 is 24.2. The van der Waals surface area contributed by atoms with Crippen molar-refractivity contribution in [1.82, 2.24) is 15.0 Å². The molecule has 0 aliphatic carbocycles. The summed E-state index contributed by atoms with van der Waals surface area (Å²) in [5, 5.41) is 15.7. The van der Waals surface area contributed by atoms with E-state index in [4.69, 9.17) is 9.26 Å². The van der Waals surface area contributed by atoms with Crippen LogP contribution in [0.3, 0.4) is 0 Å². The quantitative estimate of drug-likeness (QED) is 0.405. The Bertz CT molecular complexity index is 1210. The molecule has 1 fully saturated rings. The predicted molar refractivity (Wildman–Crippen MR) is 122 cm³/mol. The number of nitrogens with zero attached hydrogens (tertiary/aromatic N) is 5. The van der Waals surface area contributed by atoms with E-state index in [1.165, 1.54) is 24.3 Å². The predicted octanol–water partition coefficient (Wildman–Crippen LogP) is 4.51. The standard InChI is InChI=1S/C23H24FN5O5/c1-23(2,3)33-22(30)28-11-9-27(10-12-28)18-8-7-16(14-19(18)29(31)32)21-25-20(26-34-21)15-5-4-6-17(24)13-15/h4-8,13-14H,9-12H2,1-3H3. The minimum Gasteiger partial charge on any atom is -0.444 e. The van der Waals surface area contributed by atoms with Crippen LogP contribution in [0, 0.1) is 15.9 Å². The smallest absolute Gasteiger partial charge is 0.410 e. The van der Waals surface area contributed by atoms with E-state index in [1.807, 2.05) is 4.90 Å². The minimum atomic E-state index is -0.591. The highest BCUT2D eigenvalue weighted by atomic mass is 19.1. The topological polar surface area (TPSA) is 115 Å². The third-order valence-corrected chi connectivity index (χ3v) is 5.20. The fraction of sp³-hybridized carbons (Fsp3) is 0.348. The number of anilines is 1. The largest absolute Gasteiger partial charge is 0.444 e. The lowest BCUT2D eigenvalue weighted by molar-refractivity contribution is -0.384. The lowest BCUT2D eigenvalue weighted by Gasteiger charge is -2.36. The molecular formula is C23H24FN5O5. The van der Waals surface area contributed by atoms with Gasteiger partial charge in [0, 0.05) is 43.4 Å². The molecule has 0 radical (unpaired) electrons. The second-order valence-corrected chi connectivity index (χ2v) is 8.85. The van der Waals surface area contributed by atoms with Crippen LogP contribution in [0.4, 0.5) is 20.6 Å². The molecule has 1 aromatic heterocycles. The number of carbonyl (C=O) groups excluding carboxylic acids is 1. The molecule has 0 unspecified atom stereocenters. The number of rotatable bonds is 4. The lowest BCUT2D eigenvalue weighted by atomic mass is 10.1. The van der Waals surface area contributed by atoms with E-state index in [-0.39, 0.29) is 17.4 Å². The summed E-state index contributed by atoms with van der Waals surface area (Å²) in [6, 6.07) is 10.4. The third-order valence-electron chi connectivity index (χ3n) is 5.20. The Morgan fingerprint density at radius 2 is 1.85 bits per heavy atom. The van der Waals surface area contributed by atoms with Crippen LogP contribution in [0.25, 0.3) is 22.8 Å². The van der Waals surface area contributed by atoms with Crippen molar-refractivity contribution < 1.29 is 23.4 Å². The van der Waals surface area contributed by atoms with E-state index in [9.17, 15) is 19.3 Å². The van der Waals surface area contributed by atoms with Gasteiger partial charge in [0.25, 0.3) is 11.6 Å². The molecule has 178 valence electrons. The molecule has 2 heterocycles. The fourth-order valence-corrected chi connectivity index (χ4v) is 3.61. The van der Waals surface area contributed by atoms with Crippen LogP contribution >= 0.6 is 0 Å². The van der Waals surface area contributed by atoms with Gasteiger partial charge in [0.1, 0.15) is 17.1 Å². The van der Waals surface area contributed by atoms with Crippen molar-refractivity contribution in [1.29, 1.82) is 0 Å². The first-order chi connectivity index (χ1) is 16.1. The molecule has 2 aromatic carbocycles. The van der Waals surface area contributed by atoms with Crippen molar-refractivity contribution in [3.63, 3.8) is 0 Å². The van der Waals surface area contributed by atoms with Gasteiger partial charge in [-0.1, -0.05) is 17.3 Å². The zero-order valence-corrected chi connectivity index (χ0v) is 19.0. The number of nitro benzene ring substituents is 1. The van der Waals surface area contributed by atoms with Crippen LogP contribution in [-0.4, -0.2) is 57.8 Å². The average Bonchev–Trinajstić information content (AvgIpc) is 3.28. The summed E-state index contributed by atoms with van der Waals surface area (Å²) in [6.07, 6.45) is -0.400. The van der Waals surface area contributed by atoms with Gasteiger partial charge in [-0.15, -0.1) is 0 Å². The number of aromatic nitrogens is 2. The van der Waals surface area contributed by atoms with E-state index in [0.29, 0.717) is 43.0 Å². The normalized spacial score (nSPS) is 14.2. The van der Waals surface area contributed by atoms with Crippen molar-refractivity contribution >= 4 is 17.5 Å². The van der Waals surface area contributed by atoms with Crippen molar-refractivity contribution in [2.45, 2.75) is 26.4 Å². The molecule has 1 aliphatic heterocycles. The first kappa shape index (κ1) is 23.1. The van der Waals surface area contributed by atoms with Crippen molar-refractivity contribution in [3.8, 4) is 22.8 Å². The fourth-order valence-electron chi connectivity index (χ4n) is 3.61. The van der Waals surface area contributed by atoms with E-state index in [0.717, 1.165) is 0 Å². The highest BCUT2D eigenvalue weighted by Gasteiger charge is 2.29. The van der Waals surface area contributed by atoms with Crippen LogP contribution in [-0.2, 0) is 4.74 Å². The number of nitro groups is 1. The maximum Gasteiger partial charge on any atom is 0.410 e. The Hall–Kier alpha value is -4.02. The summed E-state index contributed by atoms with van der Waals surface area (Å²) in [6.45, 7) is 7.01. The van der Waals surface area contributed by atoms with Gasteiger partial charge < -0.3 is 19.1 Å². The Morgan fingerprint density at radius 1 is 1.12 bits per heavy atom. The molecule has 0 N–H and O–H groups in total. The van der Waals surface area contributed by atoms with E-state index < -0.39 is 22.4 Å². The first-order valence-electron chi connectivity index (χ1n) is 10.7. The molecule has 1 aliphatic rings. The minimum absolute atomic E-state index is 0.0867. The summed E-state index contributed by atoms with van der Waals surface area (Å²) in [5.41, 5.74) is 0.532. The molecule has 11 heteroatoms. The number of hydrogen-bond donors (Lipinski definition) is 0. The van der Waals surface area contributed by atoms with Gasteiger partial charge in [0.15, 0.2) is 0 Å². The zero-order valence-electron chi connectivity index (χ0n) is 19.0. The first-order valence-corrected chi connectivity index (χ1v) is 10.7. The number of hydrogen-bond acceptors (Lipinski definition) is 8. The van der Waals surface area contributed by atoms with Gasteiger partial charge in [-0.05, 0) is 45.0 Å². The van der Waals surface area contributed by atoms with Gasteiger partial charge in [-0.2, -0.15) is 4.98 Å². The third kappa shape index (κ3) is 5.13. The van der Waals surface area contributed by atoms with Crippen molar-refractivity contribution in [3.05, 3.63) is 58.4 Å². The van der Waals surface area contributed by atoms with Gasteiger partial charge in [-0.3, -0.25) is 10.1 Å². The molecule has 0 spiro atoms. The molecule has 4 rings (SSSR count). The Labute approximate surface area is 195 Å². The molecule has 0 bridgehead atoms. The second-order valence-electron chi connectivity index (χ2n) is 8.85. The summed E-state index contributed by atoms with van der Waals surface area (Å²) in [5.74, 6) is -0.168. The Kier molecular flexibility index (Phi) is 6.18. The SMILES string of the molecule is CC(C)(C)OC(=O)N1CCN(c2ccc(-c3nc(-c4cccc(F)c4)no3)cc2[N+](=O)[O-])CC1. The number of piperazine rings is 1. The molecule has 10 nitrogen and oxygen atoms in total. The molecule has 1 saturated heterocycles. The molecule has 0 atom stereocenters. The molecule has 1 amide bonds. The van der Waals surface area contributed by atoms with Crippen LogP contribution in [0.15, 0.2) is 47.0 Å². The van der Waals surface area contributed by atoms with Gasteiger partial charge in [0.2, 0.25) is 5.82 Å². The maximum absolute atomic E-state index is 13.5. The Balaban J connectivity index is 1.52. The van der Waals surface area contributed by atoms with Crippen molar-refractivity contribution in [2.24, 2.45) is 0 Å². The second kappa shape index (κ2) is 9.08. The van der Waals surface area contributed by atoms with E-state index in [2.05, 4.69) is 10.1 Å². The van der Waals surface area contributed by atoms with Crippen LogP contribution in [0.5, 0.6) is 0 Å². The summed E-state index contributed by atoms with van der Waals surface area (Å²) in [7, 11) is 0. The number of amides is 1. The number of benzene rings is 2. The Morgan fingerprint density at radius 3 is 2.50 bits per heavy atom.